The number of hydrogen-bond acceptors (Lipinski definition) is 2. The van der Waals surface area contributed by atoms with Crippen molar-refractivity contribution in [2.45, 2.75) is 37.8 Å². The Bertz CT molecular complexity index is 789. The molecule has 3 aliphatic rings. The molecule has 26 heavy (non-hydrogen) atoms. The van der Waals surface area contributed by atoms with E-state index < -0.39 is 0 Å². The lowest BCUT2D eigenvalue weighted by atomic mass is 9.90. The maximum Gasteiger partial charge on any atom is 0.256 e. The number of halogens is 2. The smallest absolute Gasteiger partial charge is 0.256 e. The first-order chi connectivity index (χ1) is 12.5. The van der Waals surface area contributed by atoms with Crippen LogP contribution in [0, 0.1) is 24.2 Å². The molecule has 1 aromatic carbocycles. The fraction of sp³-hybridized carbons (Fsp3) is 0.500. The summed E-state index contributed by atoms with van der Waals surface area (Å²) in [5.74, 6) is 2.81. The number of terminal acetylenes is 1. The van der Waals surface area contributed by atoms with Crippen molar-refractivity contribution in [3.8, 4) is 12.3 Å². The highest BCUT2D eigenvalue weighted by molar-refractivity contribution is 6.35. The van der Waals surface area contributed by atoms with Gasteiger partial charge in [0.1, 0.15) is 0 Å². The number of rotatable bonds is 2. The molecule has 6 heteroatoms. The van der Waals surface area contributed by atoms with Crippen molar-refractivity contribution in [2.75, 3.05) is 13.1 Å². The summed E-state index contributed by atoms with van der Waals surface area (Å²) in [6.07, 6.45) is 9.10. The topological polar surface area (TPSA) is 40.6 Å². The molecule has 2 aliphatic heterocycles. The number of piperidine rings is 1. The minimum atomic E-state index is -0.0905. The zero-order valence-electron chi connectivity index (χ0n) is 14.3. The molecule has 1 aliphatic carbocycles. The van der Waals surface area contributed by atoms with Crippen LogP contribution in [0.15, 0.2) is 18.2 Å². The van der Waals surface area contributed by atoms with Crippen LogP contribution in [0.4, 0.5) is 0 Å². The maximum absolute atomic E-state index is 13.2. The Balaban J connectivity index is 1.54. The minimum Gasteiger partial charge on any atom is -0.338 e. The van der Waals surface area contributed by atoms with E-state index >= 15 is 0 Å². The van der Waals surface area contributed by atoms with E-state index in [2.05, 4.69) is 5.92 Å². The average Bonchev–Trinajstić information content (AvgIpc) is 3.41. The first-order valence-corrected chi connectivity index (χ1v) is 9.78. The fourth-order valence-electron chi connectivity index (χ4n) is 4.31. The van der Waals surface area contributed by atoms with Gasteiger partial charge in [0.25, 0.3) is 5.91 Å². The van der Waals surface area contributed by atoms with Crippen molar-refractivity contribution < 1.29 is 9.59 Å². The van der Waals surface area contributed by atoms with Crippen LogP contribution in [-0.4, -0.2) is 46.8 Å². The summed E-state index contributed by atoms with van der Waals surface area (Å²) in [6, 6.07) is 5.00. The van der Waals surface area contributed by atoms with Crippen molar-refractivity contribution in [3.05, 3.63) is 33.8 Å². The van der Waals surface area contributed by atoms with E-state index in [9.17, 15) is 9.59 Å². The van der Waals surface area contributed by atoms with E-state index in [0.29, 0.717) is 28.7 Å². The lowest BCUT2D eigenvalue weighted by Gasteiger charge is -2.50. The molecule has 136 valence electrons. The first kappa shape index (κ1) is 17.7. The lowest BCUT2D eigenvalue weighted by molar-refractivity contribution is -0.138. The molecule has 4 rings (SSSR count). The van der Waals surface area contributed by atoms with Gasteiger partial charge in [0.15, 0.2) is 0 Å². The zero-order valence-corrected chi connectivity index (χ0v) is 15.8. The largest absolute Gasteiger partial charge is 0.338 e. The van der Waals surface area contributed by atoms with Gasteiger partial charge in [-0.2, -0.15) is 0 Å². The summed E-state index contributed by atoms with van der Waals surface area (Å²) in [5.41, 5.74) is 0.436. The molecular formula is C20H20Cl2N2O2. The average molecular weight is 391 g/mol. The Hall–Kier alpha value is -1.70. The van der Waals surface area contributed by atoms with Crippen LogP contribution in [0.25, 0.3) is 0 Å². The number of piperazine rings is 1. The van der Waals surface area contributed by atoms with Gasteiger partial charge in [0.2, 0.25) is 5.91 Å². The minimum absolute atomic E-state index is 0.0228. The molecule has 2 saturated heterocycles. The Morgan fingerprint density at radius 3 is 2.46 bits per heavy atom. The van der Waals surface area contributed by atoms with Gasteiger partial charge in [-0.25, -0.2) is 0 Å². The van der Waals surface area contributed by atoms with E-state index in [0.717, 1.165) is 25.7 Å². The van der Waals surface area contributed by atoms with Gasteiger partial charge >= 0.3 is 0 Å². The number of nitrogens with zero attached hydrogens (tertiary/aromatic N) is 2. The first-order valence-electron chi connectivity index (χ1n) is 9.02. The van der Waals surface area contributed by atoms with Crippen LogP contribution in [0.5, 0.6) is 0 Å². The third kappa shape index (κ3) is 3.08. The van der Waals surface area contributed by atoms with E-state index in [-0.39, 0.29) is 35.7 Å². The number of hydrogen-bond donors (Lipinski definition) is 0. The molecule has 2 amide bonds. The Morgan fingerprint density at radius 2 is 1.85 bits per heavy atom. The molecule has 3 fully saturated rings. The van der Waals surface area contributed by atoms with E-state index in [1.165, 1.54) is 0 Å². The van der Waals surface area contributed by atoms with Crippen LogP contribution >= 0.6 is 23.2 Å². The molecule has 4 nitrogen and oxygen atoms in total. The van der Waals surface area contributed by atoms with Crippen molar-refractivity contribution in [1.29, 1.82) is 0 Å². The zero-order chi connectivity index (χ0) is 18.4. The fourth-order valence-corrected chi connectivity index (χ4v) is 4.68. The molecule has 4 atom stereocenters. The standard InChI is InChI=1S/C20H20Cl2N2O2/c1-2-12-8-16(12)19(25)23-10-14-4-3-5-15(11-23)24(14)20(26)17-9-13(21)6-7-18(17)22/h1,6-7,9,12,14-16H,3-5,8,10-11H2/t12-,14?,15?,16+/m0/s1. The van der Waals surface area contributed by atoms with Crippen molar-refractivity contribution in [3.63, 3.8) is 0 Å². The second kappa shape index (κ2) is 6.79. The van der Waals surface area contributed by atoms with Crippen molar-refractivity contribution >= 4 is 35.0 Å². The number of carbonyl (C=O) groups is 2. The Labute approximate surface area is 163 Å². The number of likely N-dealkylation sites (tertiary alicyclic amines) is 1. The van der Waals surface area contributed by atoms with Gasteiger partial charge in [-0.15, -0.1) is 12.3 Å². The molecule has 2 bridgehead atoms. The highest BCUT2D eigenvalue weighted by Gasteiger charge is 2.48. The normalized spacial score (nSPS) is 29.9. The molecule has 0 spiro atoms. The van der Waals surface area contributed by atoms with E-state index in [1.807, 2.05) is 9.80 Å². The quantitative estimate of drug-likeness (QED) is 0.725. The molecule has 1 saturated carbocycles. The van der Waals surface area contributed by atoms with Crippen molar-refractivity contribution in [1.82, 2.24) is 9.80 Å². The van der Waals surface area contributed by atoms with Crippen LogP contribution in [0.1, 0.15) is 36.0 Å². The van der Waals surface area contributed by atoms with Crippen LogP contribution in [-0.2, 0) is 4.79 Å². The highest BCUT2D eigenvalue weighted by atomic mass is 35.5. The number of benzene rings is 1. The van der Waals surface area contributed by atoms with E-state index in [4.69, 9.17) is 29.6 Å². The monoisotopic (exact) mass is 390 g/mol. The summed E-state index contributed by atoms with van der Waals surface area (Å²) >= 11 is 12.3. The number of carbonyl (C=O) groups excluding carboxylic acids is 2. The van der Waals surface area contributed by atoms with Crippen LogP contribution in [0.3, 0.4) is 0 Å². The summed E-state index contributed by atoms with van der Waals surface area (Å²) in [6.45, 7) is 1.15. The molecule has 2 unspecified atom stereocenters. The molecule has 2 heterocycles. The summed E-state index contributed by atoms with van der Waals surface area (Å²) in [7, 11) is 0. The molecule has 0 N–H and O–H groups in total. The summed E-state index contributed by atoms with van der Waals surface area (Å²) in [4.78, 5) is 29.7. The van der Waals surface area contributed by atoms with Crippen LogP contribution in [0.2, 0.25) is 10.0 Å². The van der Waals surface area contributed by atoms with E-state index in [1.54, 1.807) is 18.2 Å². The summed E-state index contributed by atoms with van der Waals surface area (Å²) in [5, 5.41) is 0.900. The highest BCUT2D eigenvalue weighted by Crippen LogP contribution is 2.41. The van der Waals surface area contributed by atoms with Gasteiger partial charge in [0.05, 0.1) is 16.5 Å². The summed E-state index contributed by atoms with van der Waals surface area (Å²) < 4.78 is 0. The van der Waals surface area contributed by atoms with Crippen molar-refractivity contribution in [2.24, 2.45) is 11.8 Å². The van der Waals surface area contributed by atoms with Crippen LogP contribution < -0.4 is 0 Å². The van der Waals surface area contributed by atoms with Gasteiger partial charge in [-0.05, 0) is 43.9 Å². The predicted molar refractivity (Wildman–Crippen MR) is 101 cm³/mol. The molecule has 1 aromatic rings. The van der Waals surface area contributed by atoms with Gasteiger partial charge < -0.3 is 9.80 Å². The Kier molecular flexibility index (Phi) is 4.62. The maximum atomic E-state index is 13.2. The number of amides is 2. The second-order valence-electron chi connectivity index (χ2n) is 7.43. The SMILES string of the molecule is C#C[C@H]1C[C@H]1C(=O)N1CC2CCCC(C1)N2C(=O)c1cc(Cl)ccc1Cl. The van der Waals surface area contributed by atoms with Gasteiger partial charge in [-0.1, -0.05) is 23.2 Å². The number of fused-ring (bicyclic) bond motifs is 2. The van der Waals surface area contributed by atoms with Gasteiger partial charge in [-0.3, -0.25) is 9.59 Å². The predicted octanol–water partition coefficient (Wildman–Crippen LogP) is 3.47. The Morgan fingerprint density at radius 1 is 1.15 bits per heavy atom. The third-order valence-corrected chi connectivity index (χ3v) is 6.32. The lowest BCUT2D eigenvalue weighted by Crippen LogP contribution is -2.63. The van der Waals surface area contributed by atoms with Gasteiger partial charge in [0, 0.05) is 36.1 Å². The molecule has 0 radical (unpaired) electrons. The third-order valence-electron chi connectivity index (χ3n) is 5.75. The molecule has 0 aromatic heterocycles. The second-order valence-corrected chi connectivity index (χ2v) is 8.28. The molecular weight excluding hydrogens is 371 g/mol.